The summed E-state index contributed by atoms with van der Waals surface area (Å²) >= 11 is 0. The van der Waals surface area contributed by atoms with Crippen molar-refractivity contribution in [2.75, 3.05) is 18.5 Å². The summed E-state index contributed by atoms with van der Waals surface area (Å²) in [6, 6.07) is 4.60. The lowest BCUT2D eigenvalue weighted by atomic mass is 10.0. The van der Waals surface area contributed by atoms with Crippen molar-refractivity contribution in [3.05, 3.63) is 29.6 Å². The molecule has 4 heteroatoms. The van der Waals surface area contributed by atoms with Gasteiger partial charge in [0.25, 0.3) is 0 Å². The van der Waals surface area contributed by atoms with Crippen LogP contribution in [0.3, 0.4) is 0 Å². The molecule has 0 amide bonds. The van der Waals surface area contributed by atoms with Crippen molar-refractivity contribution in [3.63, 3.8) is 0 Å². The van der Waals surface area contributed by atoms with Gasteiger partial charge in [-0.15, -0.1) is 0 Å². The topological polar surface area (TPSA) is 43.7 Å². The van der Waals surface area contributed by atoms with Crippen LogP contribution in [0.25, 0.3) is 0 Å². The summed E-state index contributed by atoms with van der Waals surface area (Å²) in [4.78, 5) is 1.62. The molecule has 0 bridgehead atoms. The molecule has 0 fully saturated rings. The monoisotopic (exact) mass is 241 g/mol. The number of nitrogens with zero attached hydrogens (tertiary/aromatic N) is 1. The van der Waals surface area contributed by atoms with E-state index in [1.54, 1.807) is 44.9 Å². The van der Waals surface area contributed by atoms with Crippen molar-refractivity contribution in [1.82, 2.24) is 0 Å². The SMILES string of the molecule is C[C@@H](O)c1cccc(F)c1N(C)CC(C)(C)O. The highest BCUT2D eigenvalue weighted by atomic mass is 19.1. The fourth-order valence-corrected chi connectivity index (χ4v) is 1.93. The van der Waals surface area contributed by atoms with E-state index >= 15 is 0 Å². The average molecular weight is 241 g/mol. The van der Waals surface area contributed by atoms with E-state index < -0.39 is 17.5 Å². The van der Waals surface area contributed by atoms with Gasteiger partial charge in [-0.3, -0.25) is 0 Å². The van der Waals surface area contributed by atoms with Crippen LogP contribution in [0.1, 0.15) is 32.4 Å². The zero-order valence-electron chi connectivity index (χ0n) is 10.7. The molecule has 1 aromatic rings. The highest BCUT2D eigenvalue weighted by Gasteiger charge is 2.21. The van der Waals surface area contributed by atoms with Gasteiger partial charge in [-0.1, -0.05) is 12.1 Å². The predicted octanol–water partition coefficient (Wildman–Crippen LogP) is 2.09. The number of anilines is 1. The predicted molar refractivity (Wildman–Crippen MR) is 66.6 cm³/mol. The number of hydrogen-bond donors (Lipinski definition) is 2. The van der Waals surface area contributed by atoms with Crippen molar-refractivity contribution < 1.29 is 14.6 Å². The third kappa shape index (κ3) is 3.68. The zero-order chi connectivity index (χ0) is 13.2. The fraction of sp³-hybridized carbons (Fsp3) is 0.538. The Morgan fingerprint density at radius 2 is 2.00 bits per heavy atom. The number of rotatable bonds is 4. The number of likely N-dealkylation sites (N-methyl/N-ethyl adjacent to an activating group) is 1. The van der Waals surface area contributed by atoms with Crippen LogP contribution in [0, 0.1) is 5.82 Å². The smallest absolute Gasteiger partial charge is 0.146 e. The summed E-state index contributed by atoms with van der Waals surface area (Å²) in [5, 5.41) is 19.4. The molecule has 1 aromatic carbocycles. The number of aliphatic hydroxyl groups is 2. The summed E-state index contributed by atoms with van der Waals surface area (Å²) in [7, 11) is 1.70. The van der Waals surface area contributed by atoms with Gasteiger partial charge in [0.15, 0.2) is 0 Å². The molecule has 1 atom stereocenters. The zero-order valence-corrected chi connectivity index (χ0v) is 10.7. The van der Waals surface area contributed by atoms with Crippen molar-refractivity contribution in [2.45, 2.75) is 32.5 Å². The van der Waals surface area contributed by atoms with Gasteiger partial charge in [-0.05, 0) is 26.8 Å². The molecule has 96 valence electrons. The molecule has 0 radical (unpaired) electrons. The second-order valence-corrected chi connectivity index (χ2v) is 5.02. The molecule has 0 aliphatic heterocycles. The van der Waals surface area contributed by atoms with Crippen LogP contribution in [0.5, 0.6) is 0 Å². The molecule has 0 spiro atoms. The molecule has 0 unspecified atom stereocenters. The van der Waals surface area contributed by atoms with Crippen LogP contribution in [-0.2, 0) is 0 Å². The Morgan fingerprint density at radius 1 is 1.41 bits per heavy atom. The Balaban J connectivity index is 3.11. The van der Waals surface area contributed by atoms with Gasteiger partial charge in [0.1, 0.15) is 5.82 Å². The highest BCUT2D eigenvalue weighted by molar-refractivity contribution is 5.55. The van der Waals surface area contributed by atoms with Gasteiger partial charge >= 0.3 is 0 Å². The van der Waals surface area contributed by atoms with Crippen LogP contribution in [-0.4, -0.2) is 29.4 Å². The molecule has 2 N–H and O–H groups in total. The third-order valence-electron chi connectivity index (χ3n) is 2.47. The van der Waals surface area contributed by atoms with Gasteiger partial charge in [0, 0.05) is 19.2 Å². The van der Waals surface area contributed by atoms with Crippen LogP contribution in [0.4, 0.5) is 10.1 Å². The lowest BCUT2D eigenvalue weighted by molar-refractivity contribution is 0.0883. The van der Waals surface area contributed by atoms with Gasteiger partial charge in [-0.2, -0.15) is 0 Å². The van der Waals surface area contributed by atoms with E-state index in [-0.39, 0.29) is 6.54 Å². The Bertz CT molecular complexity index is 385. The van der Waals surface area contributed by atoms with Gasteiger partial charge in [-0.25, -0.2) is 4.39 Å². The number of para-hydroxylation sites is 1. The minimum absolute atomic E-state index is 0.285. The standard InChI is InChI=1S/C13H20FNO2/c1-9(16)10-6-5-7-11(14)12(10)15(4)8-13(2,3)17/h5-7,9,16-17H,8H2,1-4H3/t9-/m1/s1. The average Bonchev–Trinajstić information content (AvgIpc) is 2.13. The van der Waals surface area contributed by atoms with E-state index in [4.69, 9.17) is 0 Å². The first-order chi connectivity index (χ1) is 7.72. The summed E-state index contributed by atoms with van der Waals surface area (Å²) in [6.45, 7) is 5.20. The second-order valence-electron chi connectivity index (χ2n) is 5.02. The minimum Gasteiger partial charge on any atom is -0.389 e. The minimum atomic E-state index is -0.924. The normalized spacial score (nSPS) is 13.6. The Morgan fingerprint density at radius 3 is 2.47 bits per heavy atom. The first-order valence-electron chi connectivity index (χ1n) is 5.62. The molecular formula is C13H20FNO2. The maximum Gasteiger partial charge on any atom is 0.146 e. The van der Waals surface area contributed by atoms with E-state index in [1.807, 2.05) is 0 Å². The molecule has 0 aliphatic carbocycles. The van der Waals surface area contributed by atoms with E-state index in [0.29, 0.717) is 11.3 Å². The number of aliphatic hydroxyl groups excluding tert-OH is 1. The first kappa shape index (κ1) is 13.9. The Kier molecular flexibility index (Phi) is 4.11. The second kappa shape index (κ2) is 5.02. The van der Waals surface area contributed by atoms with E-state index in [2.05, 4.69) is 0 Å². The molecule has 1 rings (SSSR count). The van der Waals surface area contributed by atoms with E-state index in [1.165, 1.54) is 6.07 Å². The van der Waals surface area contributed by atoms with Gasteiger partial charge in [0.05, 0.1) is 17.4 Å². The molecule has 3 nitrogen and oxygen atoms in total. The number of halogens is 1. The van der Waals surface area contributed by atoms with E-state index in [0.717, 1.165) is 0 Å². The van der Waals surface area contributed by atoms with Crippen molar-refractivity contribution in [1.29, 1.82) is 0 Å². The summed E-state index contributed by atoms with van der Waals surface area (Å²) in [5.74, 6) is -0.393. The van der Waals surface area contributed by atoms with Crippen LogP contribution < -0.4 is 4.90 Å². The van der Waals surface area contributed by atoms with Crippen molar-refractivity contribution in [3.8, 4) is 0 Å². The molecule has 0 aliphatic rings. The summed E-state index contributed by atoms with van der Waals surface area (Å²) < 4.78 is 13.8. The Labute approximate surface area is 101 Å². The third-order valence-corrected chi connectivity index (χ3v) is 2.47. The molecule has 0 saturated heterocycles. The lowest BCUT2D eigenvalue weighted by Crippen LogP contribution is -2.37. The first-order valence-corrected chi connectivity index (χ1v) is 5.62. The van der Waals surface area contributed by atoms with Crippen molar-refractivity contribution in [2.24, 2.45) is 0 Å². The molecule has 0 heterocycles. The summed E-state index contributed by atoms with van der Waals surface area (Å²) in [5.41, 5.74) is -0.0612. The van der Waals surface area contributed by atoms with Crippen LogP contribution in [0.2, 0.25) is 0 Å². The maximum absolute atomic E-state index is 13.8. The molecule has 0 saturated carbocycles. The van der Waals surface area contributed by atoms with Gasteiger partial charge in [0.2, 0.25) is 0 Å². The highest BCUT2D eigenvalue weighted by Crippen LogP contribution is 2.29. The maximum atomic E-state index is 13.8. The molecule has 17 heavy (non-hydrogen) atoms. The fourth-order valence-electron chi connectivity index (χ4n) is 1.93. The van der Waals surface area contributed by atoms with Crippen LogP contribution >= 0.6 is 0 Å². The summed E-state index contributed by atoms with van der Waals surface area (Å²) in [6.07, 6.45) is -0.745. The van der Waals surface area contributed by atoms with E-state index in [9.17, 15) is 14.6 Å². The van der Waals surface area contributed by atoms with Gasteiger partial charge < -0.3 is 15.1 Å². The number of hydrogen-bond acceptors (Lipinski definition) is 3. The largest absolute Gasteiger partial charge is 0.389 e. The lowest BCUT2D eigenvalue weighted by Gasteiger charge is -2.29. The number of benzene rings is 1. The Hall–Kier alpha value is -1.13. The molecular weight excluding hydrogens is 221 g/mol. The van der Waals surface area contributed by atoms with Crippen LogP contribution in [0.15, 0.2) is 18.2 Å². The van der Waals surface area contributed by atoms with Crippen molar-refractivity contribution >= 4 is 5.69 Å². The quantitative estimate of drug-likeness (QED) is 0.848. The molecule has 0 aromatic heterocycles.